The molecule has 5 nitrogen and oxygen atoms in total. The van der Waals surface area contributed by atoms with E-state index in [-0.39, 0.29) is 5.41 Å². The van der Waals surface area contributed by atoms with Crippen LogP contribution in [0.5, 0.6) is 0 Å². The van der Waals surface area contributed by atoms with Crippen LogP contribution in [-0.2, 0) is 10.2 Å². The van der Waals surface area contributed by atoms with Crippen LogP contribution in [0.1, 0.15) is 62.3 Å². The standard InChI is InChI=1S/C20H27N3O2/c1-20(2,13-24-3)19-21-18(22-25-19)15-12-17(14-8-5-4-6-9-14)23-11-7-10-16(15)23/h4-6,8-9,15-17H,7,10-13H2,1-3H3/t15-,16+,17-/m1/s1. The van der Waals surface area contributed by atoms with Gasteiger partial charge in [0.1, 0.15) is 0 Å². The predicted molar refractivity (Wildman–Crippen MR) is 95.5 cm³/mol. The smallest absolute Gasteiger partial charge is 0.234 e. The summed E-state index contributed by atoms with van der Waals surface area (Å²) in [5.74, 6) is 1.90. The van der Waals surface area contributed by atoms with E-state index in [2.05, 4.69) is 54.2 Å². The fourth-order valence-electron chi connectivity index (χ4n) is 4.53. The molecule has 0 saturated carbocycles. The monoisotopic (exact) mass is 341 g/mol. The summed E-state index contributed by atoms with van der Waals surface area (Å²) in [5, 5.41) is 4.37. The second kappa shape index (κ2) is 6.54. The van der Waals surface area contributed by atoms with Gasteiger partial charge in [0.15, 0.2) is 5.82 Å². The Morgan fingerprint density at radius 2 is 2.08 bits per heavy atom. The van der Waals surface area contributed by atoms with Gasteiger partial charge < -0.3 is 9.26 Å². The molecular formula is C20H27N3O2. The number of methoxy groups -OCH3 is 1. The molecule has 5 heteroatoms. The average molecular weight is 341 g/mol. The van der Waals surface area contributed by atoms with Gasteiger partial charge in [0.05, 0.1) is 12.0 Å². The molecule has 1 aromatic heterocycles. The number of aromatic nitrogens is 2. The molecule has 4 rings (SSSR count). The number of ether oxygens (including phenoxy) is 1. The van der Waals surface area contributed by atoms with Crippen molar-refractivity contribution in [1.82, 2.24) is 15.0 Å². The first-order valence-corrected chi connectivity index (χ1v) is 9.24. The molecule has 0 unspecified atom stereocenters. The molecule has 0 spiro atoms. The first-order valence-electron chi connectivity index (χ1n) is 9.24. The summed E-state index contributed by atoms with van der Waals surface area (Å²) in [6.45, 7) is 5.90. The average Bonchev–Trinajstić information content (AvgIpc) is 3.31. The van der Waals surface area contributed by atoms with Crippen LogP contribution in [0.3, 0.4) is 0 Å². The number of benzene rings is 1. The molecule has 134 valence electrons. The van der Waals surface area contributed by atoms with Crippen LogP contribution >= 0.6 is 0 Å². The maximum absolute atomic E-state index is 5.62. The van der Waals surface area contributed by atoms with E-state index in [1.807, 2.05) is 0 Å². The topological polar surface area (TPSA) is 51.4 Å². The quantitative estimate of drug-likeness (QED) is 0.830. The fraction of sp³-hybridized carbons (Fsp3) is 0.600. The van der Waals surface area contributed by atoms with Crippen molar-refractivity contribution in [3.05, 3.63) is 47.6 Å². The predicted octanol–water partition coefficient (Wildman–Crippen LogP) is 3.69. The molecule has 2 aliphatic rings. The molecule has 2 aliphatic heterocycles. The van der Waals surface area contributed by atoms with E-state index >= 15 is 0 Å². The molecule has 3 atom stereocenters. The van der Waals surface area contributed by atoms with E-state index in [1.165, 1.54) is 24.9 Å². The molecule has 0 amide bonds. The number of fused-ring (bicyclic) bond motifs is 1. The normalized spacial score (nSPS) is 26.9. The number of nitrogens with zero attached hydrogens (tertiary/aromatic N) is 3. The fourth-order valence-corrected chi connectivity index (χ4v) is 4.53. The van der Waals surface area contributed by atoms with Gasteiger partial charge in [-0.15, -0.1) is 0 Å². The first-order chi connectivity index (χ1) is 12.1. The Bertz CT molecular complexity index is 713. The summed E-state index contributed by atoms with van der Waals surface area (Å²) < 4.78 is 10.9. The maximum atomic E-state index is 5.62. The summed E-state index contributed by atoms with van der Waals surface area (Å²) >= 11 is 0. The van der Waals surface area contributed by atoms with Crippen molar-refractivity contribution in [3.8, 4) is 0 Å². The van der Waals surface area contributed by atoms with Crippen LogP contribution in [0.2, 0.25) is 0 Å². The molecule has 2 fully saturated rings. The van der Waals surface area contributed by atoms with Gasteiger partial charge in [0.25, 0.3) is 0 Å². The van der Waals surface area contributed by atoms with Gasteiger partial charge in [0, 0.05) is 25.1 Å². The molecule has 3 heterocycles. The van der Waals surface area contributed by atoms with Crippen LogP contribution < -0.4 is 0 Å². The van der Waals surface area contributed by atoms with Crippen LogP contribution in [0.15, 0.2) is 34.9 Å². The Hall–Kier alpha value is -1.72. The van der Waals surface area contributed by atoms with Gasteiger partial charge in [-0.1, -0.05) is 35.5 Å². The second-order valence-corrected chi connectivity index (χ2v) is 7.99. The Kier molecular flexibility index (Phi) is 4.38. The summed E-state index contributed by atoms with van der Waals surface area (Å²) in [4.78, 5) is 7.44. The van der Waals surface area contributed by atoms with Crippen LogP contribution in [0.25, 0.3) is 0 Å². The Morgan fingerprint density at radius 3 is 2.84 bits per heavy atom. The minimum Gasteiger partial charge on any atom is -0.384 e. The molecule has 0 radical (unpaired) electrons. The highest BCUT2D eigenvalue weighted by atomic mass is 16.5. The zero-order chi connectivity index (χ0) is 17.4. The van der Waals surface area contributed by atoms with Crippen LogP contribution in [0, 0.1) is 0 Å². The summed E-state index contributed by atoms with van der Waals surface area (Å²) in [5.41, 5.74) is 1.15. The lowest BCUT2D eigenvalue weighted by Gasteiger charge is -2.24. The Morgan fingerprint density at radius 1 is 1.28 bits per heavy atom. The van der Waals surface area contributed by atoms with Crippen LogP contribution in [0.4, 0.5) is 0 Å². The van der Waals surface area contributed by atoms with Crippen molar-refractivity contribution in [2.24, 2.45) is 0 Å². The number of hydrogen-bond acceptors (Lipinski definition) is 5. The molecule has 1 aromatic carbocycles. The maximum Gasteiger partial charge on any atom is 0.234 e. The van der Waals surface area contributed by atoms with Gasteiger partial charge in [-0.05, 0) is 45.2 Å². The Labute approximate surface area is 149 Å². The third-order valence-corrected chi connectivity index (χ3v) is 5.73. The van der Waals surface area contributed by atoms with E-state index in [1.54, 1.807) is 7.11 Å². The van der Waals surface area contributed by atoms with Crippen molar-refractivity contribution >= 4 is 0 Å². The van der Waals surface area contributed by atoms with Gasteiger partial charge >= 0.3 is 0 Å². The highest BCUT2D eigenvalue weighted by Gasteiger charge is 2.46. The van der Waals surface area contributed by atoms with E-state index < -0.39 is 0 Å². The molecule has 2 aromatic rings. The van der Waals surface area contributed by atoms with E-state index in [0.717, 1.165) is 12.2 Å². The van der Waals surface area contributed by atoms with Crippen molar-refractivity contribution in [2.75, 3.05) is 20.3 Å². The molecule has 0 aliphatic carbocycles. The zero-order valence-electron chi connectivity index (χ0n) is 15.3. The number of hydrogen-bond donors (Lipinski definition) is 0. The van der Waals surface area contributed by atoms with E-state index in [0.29, 0.717) is 30.5 Å². The minimum atomic E-state index is -0.257. The summed E-state index contributed by atoms with van der Waals surface area (Å²) in [6, 6.07) is 11.8. The summed E-state index contributed by atoms with van der Waals surface area (Å²) in [6.07, 6.45) is 3.54. The van der Waals surface area contributed by atoms with Gasteiger partial charge in [-0.2, -0.15) is 4.98 Å². The van der Waals surface area contributed by atoms with Gasteiger partial charge in [-0.3, -0.25) is 4.90 Å². The molecule has 0 bridgehead atoms. The third kappa shape index (κ3) is 3.00. The highest BCUT2D eigenvalue weighted by Crippen LogP contribution is 2.48. The van der Waals surface area contributed by atoms with Gasteiger partial charge in [-0.25, -0.2) is 0 Å². The van der Waals surface area contributed by atoms with E-state index in [9.17, 15) is 0 Å². The lowest BCUT2D eigenvalue weighted by molar-refractivity contribution is 0.126. The summed E-state index contributed by atoms with van der Waals surface area (Å²) in [7, 11) is 1.71. The molecule has 2 saturated heterocycles. The van der Waals surface area contributed by atoms with Crippen molar-refractivity contribution in [1.29, 1.82) is 0 Å². The van der Waals surface area contributed by atoms with Crippen molar-refractivity contribution < 1.29 is 9.26 Å². The minimum absolute atomic E-state index is 0.257. The van der Waals surface area contributed by atoms with Crippen LogP contribution in [-0.4, -0.2) is 41.3 Å². The lowest BCUT2D eigenvalue weighted by Crippen LogP contribution is -2.28. The third-order valence-electron chi connectivity index (χ3n) is 5.73. The Balaban J connectivity index is 1.60. The molecule has 25 heavy (non-hydrogen) atoms. The molecule has 0 N–H and O–H groups in total. The molecular weight excluding hydrogens is 314 g/mol. The highest BCUT2D eigenvalue weighted by molar-refractivity contribution is 5.24. The number of rotatable bonds is 5. The largest absolute Gasteiger partial charge is 0.384 e. The van der Waals surface area contributed by atoms with Gasteiger partial charge in [0.2, 0.25) is 5.89 Å². The van der Waals surface area contributed by atoms with Crippen molar-refractivity contribution in [2.45, 2.75) is 56.5 Å². The second-order valence-electron chi connectivity index (χ2n) is 7.99. The lowest BCUT2D eigenvalue weighted by atomic mass is 9.93. The van der Waals surface area contributed by atoms with Crippen molar-refractivity contribution in [3.63, 3.8) is 0 Å². The van der Waals surface area contributed by atoms with E-state index in [4.69, 9.17) is 14.2 Å². The zero-order valence-corrected chi connectivity index (χ0v) is 15.3. The SMILES string of the molecule is COCC(C)(C)c1nc([C@@H]2C[C@H](c3ccccc3)N3CCC[C@@H]23)no1. The first kappa shape index (κ1) is 16.7.